The third kappa shape index (κ3) is 5.56. The Morgan fingerprint density at radius 1 is 0.686 bits per heavy atom. The Balaban J connectivity index is 0.00000342. The Hall–Kier alpha value is -3.20. The lowest BCUT2D eigenvalue weighted by molar-refractivity contribution is -0.133. The summed E-state index contributed by atoms with van der Waals surface area (Å²) in [6.45, 7) is 0. The number of hydrogen-bond acceptors (Lipinski definition) is 3. The first-order valence-corrected chi connectivity index (χ1v) is 13.1. The number of esters is 1. The summed E-state index contributed by atoms with van der Waals surface area (Å²) in [6, 6.07) is 40.2. The predicted molar refractivity (Wildman–Crippen MR) is 142 cm³/mol. The molecule has 4 aromatic rings. The lowest BCUT2D eigenvalue weighted by atomic mass is 10.0. The standard InChI is InChI=1S/C30H28O3P.BrH/c1-32-22-29(30(31)33-2)28-21-13-12-14-24(28)23-34(25-15-6-3-7-16-25,26-17-8-4-9-18-26)27-19-10-5-11-20-27;/h3-22H,23H2,1-2H3;1H/q+1;/p-1. The van der Waals surface area contributed by atoms with Gasteiger partial charge in [-0.2, -0.15) is 0 Å². The van der Waals surface area contributed by atoms with Crippen molar-refractivity contribution in [1.82, 2.24) is 0 Å². The molecular formula is C30H28BrO3P. The summed E-state index contributed by atoms with van der Waals surface area (Å²) < 4.78 is 10.3. The zero-order chi connectivity index (χ0) is 23.8. The van der Waals surface area contributed by atoms with Crippen LogP contribution in [0.25, 0.3) is 5.57 Å². The van der Waals surface area contributed by atoms with Crippen molar-refractivity contribution in [1.29, 1.82) is 0 Å². The molecule has 0 aliphatic carbocycles. The van der Waals surface area contributed by atoms with Gasteiger partial charge in [-0.05, 0) is 47.5 Å². The van der Waals surface area contributed by atoms with E-state index in [2.05, 4.69) is 97.1 Å². The average molecular weight is 547 g/mol. The van der Waals surface area contributed by atoms with E-state index in [9.17, 15) is 4.79 Å². The number of halogens is 1. The van der Waals surface area contributed by atoms with Crippen molar-refractivity contribution in [2.75, 3.05) is 14.2 Å². The molecule has 0 heterocycles. The normalized spacial score (nSPS) is 11.3. The molecule has 0 aliphatic heterocycles. The van der Waals surface area contributed by atoms with Crippen LogP contribution in [0.3, 0.4) is 0 Å². The maximum Gasteiger partial charge on any atom is 0.341 e. The number of benzene rings is 4. The molecule has 0 saturated heterocycles. The van der Waals surface area contributed by atoms with Gasteiger partial charge in [0.2, 0.25) is 0 Å². The minimum Gasteiger partial charge on any atom is -1.00 e. The van der Waals surface area contributed by atoms with Crippen LogP contribution in [0.2, 0.25) is 0 Å². The first-order chi connectivity index (χ1) is 16.7. The van der Waals surface area contributed by atoms with Crippen LogP contribution >= 0.6 is 7.26 Å². The average Bonchev–Trinajstić information content (AvgIpc) is 2.92. The van der Waals surface area contributed by atoms with Crippen molar-refractivity contribution in [3.8, 4) is 0 Å². The number of ether oxygens (including phenoxy) is 2. The van der Waals surface area contributed by atoms with Crippen molar-refractivity contribution in [2.24, 2.45) is 0 Å². The van der Waals surface area contributed by atoms with Crippen molar-refractivity contribution in [3.05, 3.63) is 133 Å². The highest BCUT2D eigenvalue weighted by atomic mass is 79.9. The molecule has 0 radical (unpaired) electrons. The lowest BCUT2D eigenvalue weighted by Gasteiger charge is -2.28. The molecule has 0 spiro atoms. The summed E-state index contributed by atoms with van der Waals surface area (Å²) in [4.78, 5) is 12.7. The van der Waals surface area contributed by atoms with Crippen LogP contribution in [0.5, 0.6) is 0 Å². The monoisotopic (exact) mass is 546 g/mol. The second kappa shape index (κ2) is 12.5. The Morgan fingerprint density at radius 2 is 1.11 bits per heavy atom. The van der Waals surface area contributed by atoms with E-state index in [-0.39, 0.29) is 17.0 Å². The summed E-state index contributed by atoms with van der Waals surface area (Å²) in [5.41, 5.74) is 2.30. The van der Waals surface area contributed by atoms with Gasteiger partial charge in [0.05, 0.1) is 26.6 Å². The molecule has 0 N–H and O–H groups in total. The SMILES string of the molecule is COC=C(C(=O)OC)c1ccccc1C[P+](c1ccccc1)(c1ccccc1)c1ccccc1.[Br-]. The lowest BCUT2D eigenvalue weighted by Crippen LogP contribution is -3.00. The molecule has 0 fully saturated rings. The van der Waals surface area contributed by atoms with Gasteiger partial charge in [-0.3, -0.25) is 0 Å². The van der Waals surface area contributed by atoms with Gasteiger partial charge in [-0.15, -0.1) is 0 Å². The highest BCUT2D eigenvalue weighted by Crippen LogP contribution is 2.58. The van der Waals surface area contributed by atoms with E-state index >= 15 is 0 Å². The van der Waals surface area contributed by atoms with Crippen LogP contribution in [0.15, 0.2) is 122 Å². The molecule has 4 aromatic carbocycles. The summed E-state index contributed by atoms with van der Waals surface area (Å²) >= 11 is 0. The van der Waals surface area contributed by atoms with Gasteiger partial charge in [0, 0.05) is 0 Å². The Labute approximate surface area is 218 Å². The van der Waals surface area contributed by atoms with E-state index in [1.165, 1.54) is 29.3 Å². The zero-order valence-corrected chi connectivity index (χ0v) is 22.3. The number of carbonyl (C=O) groups is 1. The van der Waals surface area contributed by atoms with E-state index in [1.807, 2.05) is 18.2 Å². The van der Waals surface area contributed by atoms with Gasteiger partial charge in [-0.25, -0.2) is 4.79 Å². The van der Waals surface area contributed by atoms with E-state index in [4.69, 9.17) is 9.47 Å². The first kappa shape index (κ1) is 26.4. The zero-order valence-electron chi connectivity index (χ0n) is 19.8. The molecule has 0 amide bonds. The minimum absolute atomic E-state index is 0. The van der Waals surface area contributed by atoms with Gasteiger partial charge >= 0.3 is 5.97 Å². The Morgan fingerprint density at radius 3 is 1.54 bits per heavy atom. The van der Waals surface area contributed by atoms with Gasteiger partial charge < -0.3 is 26.5 Å². The number of rotatable bonds is 8. The molecule has 4 rings (SSSR count). The molecule has 178 valence electrons. The molecule has 0 atom stereocenters. The van der Waals surface area contributed by atoms with E-state index in [0.29, 0.717) is 5.57 Å². The quantitative estimate of drug-likeness (QED) is 0.147. The Kier molecular flexibility index (Phi) is 9.42. The Bertz CT molecular complexity index is 1160. The minimum atomic E-state index is -2.12. The third-order valence-corrected chi connectivity index (χ3v) is 10.3. The highest BCUT2D eigenvalue weighted by Gasteiger charge is 2.46. The van der Waals surface area contributed by atoms with Gasteiger partial charge in [-0.1, -0.05) is 78.9 Å². The highest BCUT2D eigenvalue weighted by molar-refractivity contribution is 7.95. The van der Waals surface area contributed by atoms with E-state index in [1.54, 1.807) is 7.11 Å². The van der Waals surface area contributed by atoms with Crippen LogP contribution in [0.4, 0.5) is 0 Å². The molecule has 0 unspecified atom stereocenters. The number of carbonyl (C=O) groups excluding carboxylic acids is 1. The topological polar surface area (TPSA) is 35.5 Å². The summed E-state index contributed by atoms with van der Waals surface area (Å²) in [5, 5.41) is 3.87. The van der Waals surface area contributed by atoms with Crippen molar-refractivity contribution in [3.63, 3.8) is 0 Å². The fraction of sp³-hybridized carbons (Fsp3) is 0.100. The third-order valence-electron chi connectivity index (χ3n) is 5.95. The second-order valence-corrected chi connectivity index (χ2v) is 11.4. The largest absolute Gasteiger partial charge is 1.00 e. The van der Waals surface area contributed by atoms with Crippen LogP contribution in [0, 0.1) is 0 Å². The van der Waals surface area contributed by atoms with Crippen molar-refractivity contribution >= 4 is 34.7 Å². The smallest absolute Gasteiger partial charge is 0.341 e. The van der Waals surface area contributed by atoms with E-state index < -0.39 is 13.2 Å². The molecule has 3 nitrogen and oxygen atoms in total. The maximum atomic E-state index is 12.7. The molecule has 35 heavy (non-hydrogen) atoms. The summed E-state index contributed by atoms with van der Waals surface area (Å²) in [5.74, 6) is -0.419. The summed E-state index contributed by atoms with van der Waals surface area (Å²) in [7, 11) is 0.815. The second-order valence-electron chi connectivity index (χ2n) is 7.89. The molecule has 5 heteroatoms. The molecule has 0 aliphatic rings. The van der Waals surface area contributed by atoms with Crippen LogP contribution < -0.4 is 32.9 Å². The van der Waals surface area contributed by atoms with Gasteiger partial charge in [0.25, 0.3) is 0 Å². The predicted octanol–water partition coefficient (Wildman–Crippen LogP) is 2.34. The molecular weight excluding hydrogens is 519 g/mol. The molecule has 0 aromatic heterocycles. The van der Waals surface area contributed by atoms with Gasteiger partial charge in [0.15, 0.2) is 0 Å². The van der Waals surface area contributed by atoms with Gasteiger partial charge in [0.1, 0.15) is 28.7 Å². The molecule has 0 saturated carbocycles. The number of methoxy groups -OCH3 is 2. The maximum absolute atomic E-state index is 12.7. The first-order valence-electron chi connectivity index (χ1n) is 11.1. The van der Waals surface area contributed by atoms with Crippen LogP contribution in [-0.2, 0) is 20.4 Å². The fourth-order valence-corrected chi connectivity index (χ4v) is 8.67. The molecule has 0 bridgehead atoms. The van der Waals surface area contributed by atoms with Crippen molar-refractivity contribution < 1.29 is 31.2 Å². The van der Waals surface area contributed by atoms with E-state index in [0.717, 1.165) is 17.3 Å². The number of hydrogen-bond donors (Lipinski definition) is 0. The fourth-order valence-electron chi connectivity index (χ4n) is 4.39. The summed E-state index contributed by atoms with van der Waals surface area (Å²) in [6.07, 6.45) is 2.22. The van der Waals surface area contributed by atoms with Crippen LogP contribution in [-0.4, -0.2) is 20.2 Å². The van der Waals surface area contributed by atoms with Crippen molar-refractivity contribution in [2.45, 2.75) is 6.16 Å². The van der Waals surface area contributed by atoms with Crippen LogP contribution in [0.1, 0.15) is 11.1 Å².